The number of primary amides is 1. The van der Waals surface area contributed by atoms with E-state index in [1.165, 1.54) is 4.90 Å². The third kappa shape index (κ3) is 6.21. The molecule has 2 heterocycles. The molecule has 1 aliphatic heterocycles. The minimum atomic E-state index is -1.07. The van der Waals surface area contributed by atoms with Gasteiger partial charge in [-0.3, -0.25) is 19.3 Å². The third-order valence-corrected chi connectivity index (χ3v) is 7.54. The topological polar surface area (TPSA) is 150 Å². The molecule has 0 spiro atoms. The predicted octanol–water partition coefficient (Wildman–Crippen LogP) is 3.52. The Morgan fingerprint density at radius 2 is 1.92 bits per heavy atom. The van der Waals surface area contributed by atoms with Gasteiger partial charge in [0.25, 0.3) is 11.8 Å². The first-order valence-electron chi connectivity index (χ1n) is 12.8. The average molecular weight is 552 g/mol. The molecule has 39 heavy (non-hydrogen) atoms. The van der Waals surface area contributed by atoms with Crippen LogP contribution in [0.1, 0.15) is 62.7 Å². The van der Waals surface area contributed by atoms with Gasteiger partial charge in [0.1, 0.15) is 16.7 Å². The van der Waals surface area contributed by atoms with E-state index in [9.17, 15) is 14.4 Å². The van der Waals surface area contributed by atoms with E-state index in [-0.39, 0.29) is 28.3 Å². The molecule has 0 aliphatic carbocycles. The lowest BCUT2D eigenvalue weighted by atomic mass is 10.0. The molecule has 1 aromatic heterocycles. The summed E-state index contributed by atoms with van der Waals surface area (Å²) in [7, 11) is 0. The third-order valence-electron chi connectivity index (χ3n) is 6.68. The molecular formula is C28H33N5O5S. The van der Waals surface area contributed by atoms with Crippen molar-refractivity contribution in [3.63, 3.8) is 0 Å². The molecule has 4 rings (SSSR count). The highest BCUT2D eigenvalue weighted by molar-refractivity contribution is 7.09. The van der Waals surface area contributed by atoms with E-state index in [1.54, 1.807) is 30.3 Å². The second-order valence-corrected chi connectivity index (χ2v) is 10.1. The highest BCUT2D eigenvalue weighted by Crippen LogP contribution is 2.34. The van der Waals surface area contributed by atoms with Crippen molar-refractivity contribution in [2.75, 3.05) is 30.4 Å². The molecular weight excluding hydrogens is 518 g/mol. The van der Waals surface area contributed by atoms with Crippen LogP contribution in [0.2, 0.25) is 0 Å². The molecule has 1 fully saturated rings. The Bertz CT molecular complexity index is 1350. The normalized spacial score (nSPS) is 15.5. The zero-order valence-corrected chi connectivity index (χ0v) is 23.0. The van der Waals surface area contributed by atoms with E-state index in [0.29, 0.717) is 36.8 Å². The highest BCUT2D eigenvalue weighted by Gasteiger charge is 2.36. The molecule has 0 bridgehead atoms. The molecule has 5 N–H and O–H groups in total. The Balaban J connectivity index is 1.82. The van der Waals surface area contributed by atoms with Crippen LogP contribution in [0.4, 0.5) is 11.4 Å². The first-order chi connectivity index (χ1) is 18.7. The van der Waals surface area contributed by atoms with Crippen molar-refractivity contribution in [1.82, 2.24) is 9.69 Å². The first kappa shape index (κ1) is 28.1. The number of hydrogen-bond acceptors (Lipinski definition) is 8. The maximum absolute atomic E-state index is 14.2. The minimum Gasteiger partial charge on any atom is -0.494 e. The van der Waals surface area contributed by atoms with Gasteiger partial charge in [0.2, 0.25) is 5.91 Å². The van der Waals surface area contributed by atoms with Gasteiger partial charge in [-0.25, -0.2) is 0 Å². The minimum absolute atomic E-state index is 0.0184. The highest BCUT2D eigenvalue weighted by atomic mass is 32.1. The van der Waals surface area contributed by atoms with Crippen molar-refractivity contribution in [3.05, 3.63) is 69.7 Å². The van der Waals surface area contributed by atoms with Crippen molar-refractivity contribution in [2.45, 2.75) is 45.8 Å². The van der Waals surface area contributed by atoms with Gasteiger partial charge < -0.3 is 26.3 Å². The van der Waals surface area contributed by atoms with Crippen LogP contribution in [-0.2, 0) is 9.53 Å². The molecule has 0 radical (unpaired) electrons. The smallest absolute Gasteiger partial charge is 0.273 e. The Morgan fingerprint density at radius 1 is 1.18 bits per heavy atom. The quantitative estimate of drug-likeness (QED) is 0.349. The number of carbonyl (C=O) groups is 3. The fourth-order valence-corrected chi connectivity index (χ4v) is 5.19. The summed E-state index contributed by atoms with van der Waals surface area (Å²) < 4.78 is 15.3. The van der Waals surface area contributed by atoms with Crippen LogP contribution in [0.25, 0.3) is 0 Å². The standard InChI is InChI=1S/C28H33N5O5S/c1-4-37-20-11-8-18(9-12-20)24(27(35)31-15-21-6-5-13-38-21)33(19-10-7-16(2)17(3)14-19)28(36)25-22(29)23(26(30)34)32-39-25/h7-12,14,21,24H,4-6,13,15,29H2,1-3H3,(H2,30,34)(H,31,35)/t21-,24+/m1/s1. The lowest BCUT2D eigenvalue weighted by Gasteiger charge is -2.32. The molecule has 11 heteroatoms. The van der Waals surface area contributed by atoms with Gasteiger partial charge in [-0.2, -0.15) is 4.37 Å². The SMILES string of the molecule is CCOc1ccc([C@@H](C(=O)NC[C@H]2CCCO2)N(C(=O)c2snc(C(N)=O)c2N)c2ccc(C)c(C)c2)cc1. The summed E-state index contributed by atoms with van der Waals surface area (Å²) in [6.07, 6.45) is 1.69. The number of anilines is 2. The van der Waals surface area contributed by atoms with Crippen LogP contribution in [-0.4, -0.2) is 48.0 Å². The van der Waals surface area contributed by atoms with Gasteiger partial charge in [0, 0.05) is 18.8 Å². The van der Waals surface area contributed by atoms with Crippen LogP contribution < -0.4 is 26.4 Å². The van der Waals surface area contributed by atoms with Gasteiger partial charge in [0.05, 0.1) is 18.4 Å². The van der Waals surface area contributed by atoms with E-state index in [2.05, 4.69) is 9.69 Å². The first-order valence-corrected chi connectivity index (χ1v) is 13.6. The van der Waals surface area contributed by atoms with Crippen LogP contribution in [0.3, 0.4) is 0 Å². The number of aromatic nitrogens is 1. The number of nitrogens with zero attached hydrogens (tertiary/aromatic N) is 2. The van der Waals surface area contributed by atoms with E-state index in [1.807, 2.05) is 32.9 Å². The summed E-state index contributed by atoms with van der Waals surface area (Å²) in [6, 6.07) is 11.5. The van der Waals surface area contributed by atoms with Crippen molar-refractivity contribution in [2.24, 2.45) is 5.73 Å². The largest absolute Gasteiger partial charge is 0.494 e. The van der Waals surface area contributed by atoms with Crippen molar-refractivity contribution in [3.8, 4) is 5.75 Å². The monoisotopic (exact) mass is 551 g/mol. The lowest BCUT2D eigenvalue weighted by Crippen LogP contribution is -2.45. The van der Waals surface area contributed by atoms with Crippen LogP contribution in [0, 0.1) is 13.8 Å². The molecule has 2 aromatic carbocycles. The number of aryl methyl sites for hydroxylation is 2. The Hall–Kier alpha value is -3.96. The number of carbonyl (C=O) groups excluding carboxylic acids is 3. The summed E-state index contributed by atoms with van der Waals surface area (Å²) >= 11 is 0.771. The van der Waals surface area contributed by atoms with Gasteiger partial charge >= 0.3 is 0 Å². The number of nitrogens with one attached hydrogen (secondary N) is 1. The summed E-state index contributed by atoms with van der Waals surface area (Å²) in [4.78, 5) is 41.3. The molecule has 3 aromatic rings. The molecule has 3 amide bonds. The van der Waals surface area contributed by atoms with Crippen LogP contribution >= 0.6 is 11.5 Å². The fraction of sp³-hybridized carbons (Fsp3) is 0.357. The zero-order chi connectivity index (χ0) is 28.1. The molecule has 1 aliphatic rings. The predicted molar refractivity (Wildman–Crippen MR) is 150 cm³/mol. The Labute approximate surface area is 231 Å². The second-order valence-electron chi connectivity index (χ2n) is 9.37. The molecule has 0 unspecified atom stereocenters. The summed E-state index contributed by atoms with van der Waals surface area (Å²) in [5.41, 5.74) is 14.3. The number of benzene rings is 2. The number of ether oxygens (including phenoxy) is 2. The molecule has 10 nitrogen and oxygen atoms in total. The van der Waals surface area contributed by atoms with E-state index < -0.39 is 17.9 Å². The maximum atomic E-state index is 14.2. The Kier molecular flexibility index (Phi) is 8.82. The molecule has 1 saturated heterocycles. The Morgan fingerprint density at radius 3 is 2.51 bits per heavy atom. The van der Waals surface area contributed by atoms with Gasteiger partial charge in [-0.1, -0.05) is 18.2 Å². The zero-order valence-electron chi connectivity index (χ0n) is 22.2. The second kappa shape index (κ2) is 12.3. The molecule has 0 saturated carbocycles. The van der Waals surface area contributed by atoms with E-state index in [4.69, 9.17) is 20.9 Å². The van der Waals surface area contributed by atoms with Gasteiger partial charge in [-0.05, 0) is 86.1 Å². The van der Waals surface area contributed by atoms with Gasteiger partial charge in [0.15, 0.2) is 5.69 Å². The number of nitrogen functional groups attached to an aromatic ring is 1. The number of amides is 3. The van der Waals surface area contributed by atoms with Crippen molar-refractivity contribution >= 4 is 40.6 Å². The van der Waals surface area contributed by atoms with Crippen LogP contribution in [0.15, 0.2) is 42.5 Å². The van der Waals surface area contributed by atoms with Crippen molar-refractivity contribution < 1.29 is 23.9 Å². The summed E-state index contributed by atoms with van der Waals surface area (Å²) in [6.45, 7) is 7.24. The molecule has 206 valence electrons. The number of rotatable bonds is 10. The fourth-order valence-electron chi connectivity index (χ4n) is 4.44. The van der Waals surface area contributed by atoms with E-state index >= 15 is 0 Å². The van der Waals surface area contributed by atoms with Crippen molar-refractivity contribution in [1.29, 1.82) is 0 Å². The molecule has 2 atom stereocenters. The summed E-state index contributed by atoms with van der Waals surface area (Å²) in [5.74, 6) is -1.16. The lowest BCUT2D eigenvalue weighted by molar-refractivity contribution is -0.123. The summed E-state index contributed by atoms with van der Waals surface area (Å²) in [5, 5.41) is 2.98. The van der Waals surface area contributed by atoms with E-state index in [0.717, 1.165) is 35.5 Å². The maximum Gasteiger partial charge on any atom is 0.273 e. The average Bonchev–Trinajstić information content (AvgIpc) is 3.58. The van der Waals surface area contributed by atoms with Crippen LogP contribution in [0.5, 0.6) is 5.75 Å². The number of nitrogens with two attached hydrogens (primary N) is 2. The number of hydrogen-bond donors (Lipinski definition) is 3. The van der Waals surface area contributed by atoms with Gasteiger partial charge in [-0.15, -0.1) is 0 Å².